The van der Waals surface area contributed by atoms with Crippen LogP contribution in [-0.4, -0.2) is 24.1 Å². The molecular formula is C55H37N7. The number of nitrogens with zero attached hydrogens (tertiary/aromatic N) is 5. The molecule has 13 aromatic rings. The van der Waals surface area contributed by atoms with E-state index in [-0.39, 0.29) is 5.84 Å². The van der Waals surface area contributed by atoms with E-state index in [1.807, 2.05) is 0 Å². The van der Waals surface area contributed by atoms with Crippen LogP contribution in [0.1, 0.15) is 5.56 Å². The number of hydrogen-bond donors (Lipinski definition) is 2. The first kappa shape index (κ1) is 34.3. The van der Waals surface area contributed by atoms with E-state index in [9.17, 15) is 0 Å². The Kier molecular flexibility index (Phi) is 7.18. The van der Waals surface area contributed by atoms with E-state index in [0.29, 0.717) is 0 Å². The summed E-state index contributed by atoms with van der Waals surface area (Å²) >= 11 is 0. The van der Waals surface area contributed by atoms with Crippen molar-refractivity contribution in [1.29, 1.82) is 0 Å². The molecule has 4 aromatic heterocycles. The summed E-state index contributed by atoms with van der Waals surface area (Å²) in [5, 5.41) is 13.6. The zero-order valence-electron chi connectivity index (χ0n) is 33.4. The van der Waals surface area contributed by atoms with E-state index in [4.69, 9.17) is 11.6 Å². The van der Waals surface area contributed by atoms with Gasteiger partial charge in [-0.05, 0) is 78.9 Å². The predicted octanol–water partition coefficient (Wildman–Crippen LogP) is 12.7. The molecule has 0 atom stereocenters. The molecule has 0 radical (unpaired) electrons. The third kappa shape index (κ3) is 4.67. The number of para-hydroxylation sites is 6. The lowest BCUT2D eigenvalue weighted by atomic mass is 10.1. The van der Waals surface area contributed by atoms with Crippen LogP contribution in [0.25, 0.3) is 110 Å². The lowest BCUT2D eigenvalue weighted by Gasteiger charge is -2.15. The predicted molar refractivity (Wildman–Crippen MR) is 259 cm³/mol. The molecule has 0 fully saturated rings. The van der Waals surface area contributed by atoms with Crippen molar-refractivity contribution in [3.63, 3.8) is 0 Å². The van der Waals surface area contributed by atoms with Gasteiger partial charge in [-0.1, -0.05) is 121 Å². The molecule has 0 unspecified atom stereocenters. The van der Waals surface area contributed by atoms with Crippen molar-refractivity contribution in [2.45, 2.75) is 0 Å². The van der Waals surface area contributed by atoms with E-state index in [1.54, 1.807) is 0 Å². The van der Waals surface area contributed by atoms with Crippen molar-refractivity contribution in [3.05, 3.63) is 206 Å². The maximum atomic E-state index is 6.69. The molecule has 4 heterocycles. The van der Waals surface area contributed by atoms with E-state index in [2.05, 4.69) is 224 Å². The summed E-state index contributed by atoms with van der Waals surface area (Å²) in [5.41, 5.74) is 20.6. The highest BCUT2D eigenvalue weighted by atomic mass is 15.2. The van der Waals surface area contributed by atoms with Crippen LogP contribution in [0, 0.1) is 0 Å². The molecule has 9 aromatic carbocycles. The van der Waals surface area contributed by atoms with Crippen LogP contribution in [0.2, 0.25) is 0 Å². The molecular weight excluding hydrogens is 759 g/mol. The quantitative estimate of drug-likeness (QED) is 0.0787. The first-order valence-corrected chi connectivity index (χ1v) is 20.9. The summed E-state index contributed by atoms with van der Waals surface area (Å²) in [7, 11) is 0. The fourth-order valence-corrected chi connectivity index (χ4v) is 10.3. The Morgan fingerprint density at radius 3 is 1.11 bits per heavy atom. The number of rotatable bonds is 5. The highest BCUT2D eigenvalue weighted by Gasteiger charge is 2.24. The number of hydrazone groups is 1. The number of nitrogens with two attached hydrogens (primary N) is 2. The fraction of sp³-hybridized carbons (Fsp3) is 0. The Bertz CT molecular complexity index is 3740. The molecule has 0 amide bonds. The molecule has 13 rings (SSSR count). The Balaban J connectivity index is 1.15. The van der Waals surface area contributed by atoms with Crippen molar-refractivity contribution in [1.82, 2.24) is 18.3 Å². The summed E-state index contributed by atoms with van der Waals surface area (Å²) in [6, 6.07) is 71.7. The molecule has 292 valence electrons. The van der Waals surface area contributed by atoms with Crippen molar-refractivity contribution < 1.29 is 0 Å². The largest absolute Gasteiger partial charge is 0.382 e. The van der Waals surface area contributed by atoms with Gasteiger partial charge in [-0.2, -0.15) is 5.10 Å². The summed E-state index contributed by atoms with van der Waals surface area (Å²) in [6.45, 7) is 0. The zero-order valence-corrected chi connectivity index (χ0v) is 33.4. The number of benzene rings is 9. The molecule has 0 bridgehead atoms. The standard InChI is InChI=1S/C55H37N7/c56-55(58-57)34-31-37(59-47-25-13-9-21-43(47)51-49(59)29-27-41-39-19-7-11-23-45(39)61(53(41)51)35-15-3-1-4-16-35)33-38(32-34)60-48-26-14-10-22-44(48)52-50(60)30-28-42-40-20-8-12-24-46(40)62(54(42)52)36-17-5-2-6-18-36/h1-33H,57H2,(H2,56,58). The van der Waals surface area contributed by atoms with Crippen molar-refractivity contribution >= 4 is 93.1 Å². The van der Waals surface area contributed by atoms with Gasteiger partial charge in [-0.3, -0.25) is 0 Å². The van der Waals surface area contributed by atoms with Gasteiger partial charge in [0.15, 0.2) is 0 Å². The number of aromatic nitrogens is 4. The molecule has 0 saturated heterocycles. The van der Waals surface area contributed by atoms with Gasteiger partial charge in [0.05, 0.1) is 44.1 Å². The van der Waals surface area contributed by atoms with E-state index in [0.717, 1.165) is 61.2 Å². The average molecular weight is 796 g/mol. The summed E-state index contributed by atoms with van der Waals surface area (Å²) < 4.78 is 9.57. The monoisotopic (exact) mass is 795 g/mol. The second kappa shape index (κ2) is 13.0. The Hall–Kier alpha value is -8.55. The second-order valence-electron chi connectivity index (χ2n) is 16.0. The zero-order chi connectivity index (χ0) is 41.1. The van der Waals surface area contributed by atoms with Crippen molar-refractivity contribution in [3.8, 4) is 22.7 Å². The van der Waals surface area contributed by atoms with Gasteiger partial charge in [-0.15, -0.1) is 0 Å². The van der Waals surface area contributed by atoms with Crippen molar-refractivity contribution in [2.75, 3.05) is 0 Å². The maximum absolute atomic E-state index is 6.69. The molecule has 0 aliphatic rings. The number of fused-ring (bicyclic) bond motifs is 14. The van der Waals surface area contributed by atoms with Gasteiger partial charge in [-0.25, -0.2) is 0 Å². The number of hydrogen-bond acceptors (Lipinski definition) is 2. The minimum absolute atomic E-state index is 0.257. The molecule has 7 heteroatoms. The normalized spacial score (nSPS) is 12.4. The topological polar surface area (TPSA) is 84.1 Å². The molecule has 0 saturated carbocycles. The summed E-state index contributed by atoms with van der Waals surface area (Å²) in [5.74, 6) is 6.25. The Morgan fingerprint density at radius 1 is 0.323 bits per heavy atom. The smallest absolute Gasteiger partial charge is 0.150 e. The molecule has 4 N–H and O–H groups in total. The lowest BCUT2D eigenvalue weighted by Crippen LogP contribution is -2.16. The SMILES string of the molecule is N/N=C(\N)c1cc(-n2c3ccccc3c3c2ccc2c4ccccc4n(-c4ccccc4)c23)cc(-n2c3ccccc3c3c2ccc2c4ccccc4n(-c4ccccc4)c23)c1. The van der Waals surface area contributed by atoms with Crippen molar-refractivity contribution in [2.24, 2.45) is 16.7 Å². The van der Waals surface area contributed by atoms with E-state index < -0.39 is 0 Å². The van der Waals surface area contributed by atoms with Gasteiger partial charge in [0.1, 0.15) is 5.84 Å². The first-order valence-electron chi connectivity index (χ1n) is 20.9. The fourth-order valence-electron chi connectivity index (χ4n) is 10.3. The van der Waals surface area contributed by atoms with E-state index in [1.165, 1.54) is 54.4 Å². The van der Waals surface area contributed by atoms with Gasteiger partial charge in [0, 0.05) is 71.4 Å². The van der Waals surface area contributed by atoms with Crippen LogP contribution in [0.15, 0.2) is 205 Å². The van der Waals surface area contributed by atoms with Gasteiger partial charge >= 0.3 is 0 Å². The van der Waals surface area contributed by atoms with Crippen LogP contribution in [0.4, 0.5) is 0 Å². The maximum Gasteiger partial charge on any atom is 0.150 e. The number of amidine groups is 1. The molecule has 0 aliphatic carbocycles. The highest BCUT2D eigenvalue weighted by molar-refractivity contribution is 6.27. The first-order chi connectivity index (χ1) is 30.7. The summed E-state index contributed by atoms with van der Waals surface area (Å²) in [4.78, 5) is 0. The molecule has 0 aliphatic heterocycles. The Labute approximate surface area is 355 Å². The van der Waals surface area contributed by atoms with E-state index >= 15 is 0 Å². The minimum atomic E-state index is 0.257. The van der Waals surface area contributed by atoms with Gasteiger partial charge in [0.25, 0.3) is 0 Å². The van der Waals surface area contributed by atoms with Crippen LogP contribution in [-0.2, 0) is 0 Å². The lowest BCUT2D eigenvalue weighted by molar-refractivity contribution is 1.13. The Morgan fingerprint density at radius 2 is 0.694 bits per heavy atom. The second-order valence-corrected chi connectivity index (χ2v) is 16.0. The average Bonchev–Trinajstić information content (AvgIpc) is 4.06. The molecule has 0 spiro atoms. The third-order valence-corrected chi connectivity index (χ3v) is 12.8. The highest BCUT2D eigenvalue weighted by Crippen LogP contribution is 2.44. The van der Waals surface area contributed by atoms with Crippen LogP contribution in [0.5, 0.6) is 0 Å². The van der Waals surface area contributed by atoms with Gasteiger partial charge < -0.3 is 29.8 Å². The minimum Gasteiger partial charge on any atom is -0.382 e. The third-order valence-electron chi connectivity index (χ3n) is 12.8. The molecule has 62 heavy (non-hydrogen) atoms. The van der Waals surface area contributed by atoms with Crippen LogP contribution >= 0.6 is 0 Å². The van der Waals surface area contributed by atoms with Crippen LogP contribution in [0.3, 0.4) is 0 Å². The molecule has 7 nitrogen and oxygen atoms in total. The van der Waals surface area contributed by atoms with Gasteiger partial charge in [0.2, 0.25) is 0 Å². The summed E-state index contributed by atoms with van der Waals surface area (Å²) in [6.07, 6.45) is 0. The van der Waals surface area contributed by atoms with Crippen LogP contribution < -0.4 is 11.6 Å².